The van der Waals surface area contributed by atoms with E-state index < -0.39 is 30.1 Å². The zero-order valence-electron chi connectivity index (χ0n) is 19.0. The van der Waals surface area contributed by atoms with Crippen molar-refractivity contribution in [3.63, 3.8) is 0 Å². The average Bonchev–Trinajstić information content (AvgIpc) is 3.41. The zero-order valence-corrected chi connectivity index (χ0v) is 19.0. The van der Waals surface area contributed by atoms with Crippen molar-refractivity contribution < 1.29 is 41.8 Å². The molecule has 1 aliphatic heterocycles. The van der Waals surface area contributed by atoms with Crippen molar-refractivity contribution in [2.75, 3.05) is 6.61 Å². The number of rotatable bonds is 5. The number of carbonyl (C=O) groups excluding carboxylic acids is 2. The van der Waals surface area contributed by atoms with Crippen LogP contribution in [0.4, 0.5) is 17.6 Å². The zero-order chi connectivity index (χ0) is 26.6. The minimum absolute atomic E-state index is 0.241. The largest absolute Gasteiger partial charge is 0.490 e. The molecule has 4 N–H and O–H groups in total. The van der Waals surface area contributed by atoms with E-state index >= 15 is 0 Å². The molecule has 0 bridgehead atoms. The van der Waals surface area contributed by atoms with Crippen LogP contribution >= 0.6 is 0 Å². The van der Waals surface area contributed by atoms with Crippen molar-refractivity contribution in [1.29, 1.82) is 0 Å². The van der Waals surface area contributed by atoms with Gasteiger partial charge in [-0.3, -0.25) is 10.1 Å². The molecule has 0 spiro atoms. The molecule has 0 radical (unpaired) electrons. The Labute approximate surface area is 202 Å². The van der Waals surface area contributed by atoms with Crippen LogP contribution in [0.5, 0.6) is 0 Å². The second kappa shape index (κ2) is 10.8. The standard InChI is InChI=1S/C22H22FN3O3.C2HF3O2/c1-2-29-22(28)18-11-14-5-3-4-6-17(14)26(18)19-12-16(20(25-19)21(24)27)13-7-9-15(23)10-8-13;3-2(4,5)1(6)7/h3-11,16,19-20,25H,2,12H2,1H3,(H2,24,27);(H,6,7)/t16-,19?,20-;/m0./s1. The number of aliphatic carboxylic acids is 1. The number of hydrogen-bond donors (Lipinski definition) is 3. The highest BCUT2D eigenvalue weighted by Crippen LogP contribution is 2.38. The quantitative estimate of drug-likeness (QED) is 0.356. The minimum Gasteiger partial charge on any atom is -0.475 e. The van der Waals surface area contributed by atoms with Crippen molar-refractivity contribution >= 4 is 28.7 Å². The molecule has 1 saturated heterocycles. The van der Waals surface area contributed by atoms with Gasteiger partial charge in [-0.15, -0.1) is 0 Å². The monoisotopic (exact) mass is 509 g/mol. The molecule has 2 aromatic carbocycles. The molecule has 4 rings (SSSR count). The van der Waals surface area contributed by atoms with Crippen molar-refractivity contribution in [1.82, 2.24) is 9.88 Å². The second-order valence-electron chi connectivity index (χ2n) is 7.94. The summed E-state index contributed by atoms with van der Waals surface area (Å²) in [4.78, 5) is 33.6. The Hall–Kier alpha value is -3.93. The van der Waals surface area contributed by atoms with Crippen LogP contribution in [0, 0.1) is 5.82 Å². The highest BCUT2D eigenvalue weighted by molar-refractivity contribution is 5.96. The third kappa shape index (κ3) is 5.82. The first-order chi connectivity index (χ1) is 16.9. The molecule has 0 aliphatic carbocycles. The van der Waals surface area contributed by atoms with Crippen LogP contribution in [0.1, 0.15) is 41.5 Å². The van der Waals surface area contributed by atoms with Crippen LogP contribution < -0.4 is 11.1 Å². The maximum absolute atomic E-state index is 13.4. The Bertz CT molecular complexity index is 1260. The van der Waals surface area contributed by atoms with Gasteiger partial charge >= 0.3 is 18.1 Å². The first-order valence-corrected chi connectivity index (χ1v) is 10.8. The number of carbonyl (C=O) groups is 3. The van der Waals surface area contributed by atoms with Crippen molar-refractivity contribution in [2.24, 2.45) is 5.73 Å². The number of carboxylic acid groups (broad SMARTS) is 1. The second-order valence-corrected chi connectivity index (χ2v) is 7.94. The first kappa shape index (κ1) is 26.7. The fourth-order valence-electron chi connectivity index (χ4n) is 4.14. The lowest BCUT2D eigenvalue weighted by atomic mass is 9.91. The lowest BCUT2D eigenvalue weighted by Gasteiger charge is -2.18. The third-order valence-electron chi connectivity index (χ3n) is 5.64. The number of nitrogens with zero attached hydrogens (tertiary/aromatic N) is 1. The lowest BCUT2D eigenvalue weighted by molar-refractivity contribution is -0.192. The molecular formula is C24H23F4N3O5. The number of esters is 1. The molecule has 1 aliphatic rings. The van der Waals surface area contributed by atoms with Crippen LogP contribution in [-0.2, 0) is 14.3 Å². The van der Waals surface area contributed by atoms with Gasteiger partial charge in [-0.2, -0.15) is 13.2 Å². The van der Waals surface area contributed by atoms with E-state index in [9.17, 15) is 27.2 Å². The number of nitrogens with two attached hydrogens (primary N) is 1. The van der Waals surface area contributed by atoms with E-state index in [1.807, 2.05) is 28.8 Å². The summed E-state index contributed by atoms with van der Waals surface area (Å²) >= 11 is 0. The van der Waals surface area contributed by atoms with E-state index in [1.54, 1.807) is 25.1 Å². The number of alkyl halides is 3. The van der Waals surface area contributed by atoms with E-state index in [-0.39, 0.29) is 24.5 Å². The molecule has 3 atom stereocenters. The predicted octanol–water partition coefficient (Wildman–Crippen LogP) is 3.72. The van der Waals surface area contributed by atoms with Crippen molar-refractivity contribution in [2.45, 2.75) is 37.6 Å². The maximum Gasteiger partial charge on any atom is 0.490 e. The van der Waals surface area contributed by atoms with Gasteiger partial charge in [0, 0.05) is 11.3 Å². The molecule has 0 saturated carbocycles. The van der Waals surface area contributed by atoms with Crippen LogP contribution in [0.3, 0.4) is 0 Å². The van der Waals surface area contributed by atoms with Gasteiger partial charge in [0.15, 0.2) is 0 Å². The minimum atomic E-state index is -5.08. The number of ether oxygens (including phenoxy) is 1. The number of fused-ring (bicyclic) bond motifs is 1. The lowest BCUT2D eigenvalue weighted by Crippen LogP contribution is -2.41. The summed E-state index contributed by atoms with van der Waals surface area (Å²) in [7, 11) is 0. The van der Waals surface area contributed by atoms with Gasteiger partial charge in [-0.25, -0.2) is 14.0 Å². The highest BCUT2D eigenvalue weighted by Gasteiger charge is 2.40. The Kier molecular flexibility index (Phi) is 7.98. The summed E-state index contributed by atoms with van der Waals surface area (Å²) in [6, 6.07) is 14.9. The van der Waals surface area contributed by atoms with Gasteiger partial charge < -0.3 is 20.1 Å². The molecule has 2 heterocycles. The maximum atomic E-state index is 13.4. The molecule has 36 heavy (non-hydrogen) atoms. The summed E-state index contributed by atoms with van der Waals surface area (Å²) in [5.41, 5.74) is 7.74. The van der Waals surface area contributed by atoms with Crippen molar-refractivity contribution in [3.05, 3.63) is 71.7 Å². The Morgan fingerprint density at radius 2 is 1.75 bits per heavy atom. The number of hydrogen-bond acceptors (Lipinski definition) is 5. The van der Waals surface area contributed by atoms with Crippen molar-refractivity contribution in [3.8, 4) is 0 Å². The van der Waals surface area contributed by atoms with Gasteiger partial charge in [0.1, 0.15) is 11.5 Å². The number of carboxylic acids is 1. The number of para-hydroxylation sites is 1. The fraction of sp³-hybridized carbons (Fsp3) is 0.292. The van der Waals surface area contributed by atoms with E-state index in [0.29, 0.717) is 12.1 Å². The summed E-state index contributed by atoms with van der Waals surface area (Å²) < 4.78 is 52.2. The topological polar surface area (TPSA) is 124 Å². The number of primary amides is 1. The first-order valence-electron chi connectivity index (χ1n) is 10.8. The Balaban J connectivity index is 0.000000454. The van der Waals surface area contributed by atoms with E-state index in [0.717, 1.165) is 16.5 Å². The molecule has 12 heteroatoms. The molecule has 192 valence electrons. The number of halogens is 4. The number of nitrogens with one attached hydrogen (secondary N) is 1. The van der Waals surface area contributed by atoms with Gasteiger partial charge in [0.2, 0.25) is 5.91 Å². The molecule has 1 fully saturated rings. The summed E-state index contributed by atoms with van der Waals surface area (Å²) in [6.45, 7) is 2.02. The molecule has 3 aromatic rings. The fourth-order valence-corrected chi connectivity index (χ4v) is 4.14. The van der Waals surface area contributed by atoms with Crippen LogP contribution in [0.25, 0.3) is 10.9 Å². The molecule has 8 nitrogen and oxygen atoms in total. The molecule has 1 amide bonds. The summed E-state index contributed by atoms with van der Waals surface area (Å²) in [5, 5.41) is 11.3. The van der Waals surface area contributed by atoms with Gasteiger partial charge in [-0.1, -0.05) is 30.3 Å². The van der Waals surface area contributed by atoms with Gasteiger partial charge in [0.25, 0.3) is 0 Å². The Morgan fingerprint density at radius 3 is 2.31 bits per heavy atom. The third-order valence-corrected chi connectivity index (χ3v) is 5.64. The molecular weight excluding hydrogens is 486 g/mol. The van der Waals surface area contributed by atoms with Crippen LogP contribution in [-0.4, -0.2) is 46.3 Å². The number of aromatic nitrogens is 1. The number of benzene rings is 2. The Morgan fingerprint density at radius 1 is 1.14 bits per heavy atom. The van der Waals surface area contributed by atoms with E-state index in [2.05, 4.69) is 5.32 Å². The average molecular weight is 509 g/mol. The molecule has 1 aromatic heterocycles. The highest BCUT2D eigenvalue weighted by atomic mass is 19.4. The van der Waals surface area contributed by atoms with Crippen LogP contribution in [0.2, 0.25) is 0 Å². The van der Waals surface area contributed by atoms with Crippen LogP contribution in [0.15, 0.2) is 54.6 Å². The number of amides is 1. The summed E-state index contributed by atoms with van der Waals surface area (Å²) in [6.07, 6.45) is -4.91. The van der Waals surface area contributed by atoms with E-state index in [4.69, 9.17) is 20.4 Å². The predicted molar refractivity (Wildman–Crippen MR) is 120 cm³/mol. The van der Waals surface area contributed by atoms with E-state index in [1.165, 1.54) is 12.1 Å². The van der Waals surface area contributed by atoms with Gasteiger partial charge in [0.05, 0.1) is 24.3 Å². The summed E-state index contributed by atoms with van der Waals surface area (Å²) in [5.74, 6) is -4.25. The molecule has 1 unspecified atom stereocenters. The SMILES string of the molecule is CCOC(=O)c1cc2ccccc2n1C1C[C@@H](c2ccc(F)cc2)[C@@H](C(N)=O)N1.O=C(O)C(F)(F)F. The van der Waals surface area contributed by atoms with Gasteiger partial charge in [-0.05, 0) is 43.2 Å². The smallest absolute Gasteiger partial charge is 0.475 e. The normalized spacial score (nSPS) is 19.4.